The average Bonchev–Trinajstić information content (AvgIpc) is 3.03. The van der Waals surface area contributed by atoms with Gasteiger partial charge >= 0.3 is 5.97 Å². The van der Waals surface area contributed by atoms with Crippen LogP contribution in [0, 0.1) is 6.92 Å². The number of unbranched alkanes of at least 4 members (excludes halogenated alkanes) is 2. The van der Waals surface area contributed by atoms with Crippen molar-refractivity contribution in [1.29, 1.82) is 0 Å². The van der Waals surface area contributed by atoms with Crippen LogP contribution in [0.2, 0.25) is 5.02 Å². The normalized spacial score (nSPS) is 10.6. The number of amides is 2. The zero-order chi connectivity index (χ0) is 31.5. The molecule has 0 aliphatic carbocycles. The van der Waals surface area contributed by atoms with E-state index >= 15 is 0 Å². The van der Waals surface area contributed by atoms with Crippen molar-refractivity contribution in [3.8, 4) is 16.9 Å². The molecule has 0 radical (unpaired) electrons. The third-order valence-corrected chi connectivity index (χ3v) is 7.34. The Labute approximate surface area is 263 Å². The van der Waals surface area contributed by atoms with Gasteiger partial charge in [-0.3, -0.25) is 14.4 Å². The summed E-state index contributed by atoms with van der Waals surface area (Å²) in [6, 6.07) is 27.5. The standard InChI is InChI=1S/C36H37ClN2O5/c1-4-43-34(40)12-6-5-9-23-44-33-24-28(37)19-22-32(33)39(3)36(42)27-17-20-29(21-18-27)38-35(41)31-11-8-7-10-30(31)26-15-13-25(2)14-16-26/h7-8,10-11,13-22,24H,4-6,9,12,23H2,1-3H3,(H,38,41). The van der Waals surface area contributed by atoms with Gasteiger partial charge in [0.1, 0.15) is 5.75 Å². The van der Waals surface area contributed by atoms with E-state index in [9.17, 15) is 14.4 Å². The molecule has 4 aromatic carbocycles. The van der Waals surface area contributed by atoms with E-state index in [0.29, 0.717) is 52.9 Å². The maximum absolute atomic E-state index is 13.4. The van der Waals surface area contributed by atoms with E-state index in [1.165, 1.54) is 4.90 Å². The van der Waals surface area contributed by atoms with Gasteiger partial charge in [-0.15, -0.1) is 0 Å². The maximum atomic E-state index is 13.4. The summed E-state index contributed by atoms with van der Waals surface area (Å²) in [6.45, 7) is 4.62. The van der Waals surface area contributed by atoms with Crippen LogP contribution in [0.15, 0.2) is 91.0 Å². The molecule has 228 valence electrons. The first-order valence-corrected chi connectivity index (χ1v) is 15.1. The predicted molar refractivity (Wildman–Crippen MR) is 176 cm³/mol. The Bertz CT molecular complexity index is 1590. The summed E-state index contributed by atoms with van der Waals surface area (Å²) in [5.74, 6) is -0.171. The van der Waals surface area contributed by atoms with E-state index in [0.717, 1.165) is 36.0 Å². The Morgan fingerprint density at radius 2 is 1.59 bits per heavy atom. The smallest absolute Gasteiger partial charge is 0.305 e. The number of halogens is 1. The molecule has 0 spiro atoms. The maximum Gasteiger partial charge on any atom is 0.305 e. The monoisotopic (exact) mass is 612 g/mol. The number of nitrogens with zero attached hydrogens (tertiary/aromatic N) is 1. The fourth-order valence-electron chi connectivity index (χ4n) is 4.71. The van der Waals surface area contributed by atoms with Crippen molar-refractivity contribution in [3.63, 3.8) is 0 Å². The number of ether oxygens (including phenoxy) is 2. The molecule has 2 amide bonds. The molecule has 0 aliphatic heterocycles. The topological polar surface area (TPSA) is 84.9 Å². The van der Waals surface area contributed by atoms with Gasteiger partial charge in [0.25, 0.3) is 11.8 Å². The van der Waals surface area contributed by atoms with Gasteiger partial charge in [-0.25, -0.2) is 0 Å². The molecular formula is C36H37ClN2O5. The molecule has 0 saturated carbocycles. The summed E-state index contributed by atoms with van der Waals surface area (Å²) < 4.78 is 10.9. The molecule has 1 N–H and O–H groups in total. The number of carbonyl (C=O) groups excluding carboxylic acids is 3. The number of carbonyl (C=O) groups is 3. The number of rotatable bonds is 13. The van der Waals surface area contributed by atoms with Crippen LogP contribution in [0.4, 0.5) is 11.4 Å². The predicted octanol–water partition coefficient (Wildman–Crippen LogP) is 8.35. The van der Waals surface area contributed by atoms with Gasteiger partial charge in [0, 0.05) is 41.4 Å². The fraction of sp³-hybridized carbons (Fsp3) is 0.250. The Hall–Kier alpha value is -4.62. The van der Waals surface area contributed by atoms with Crippen LogP contribution in [-0.4, -0.2) is 38.0 Å². The number of esters is 1. The van der Waals surface area contributed by atoms with Gasteiger partial charge in [-0.2, -0.15) is 0 Å². The quantitative estimate of drug-likeness (QED) is 0.121. The number of nitrogens with one attached hydrogen (secondary N) is 1. The highest BCUT2D eigenvalue weighted by molar-refractivity contribution is 6.30. The van der Waals surface area contributed by atoms with Crippen LogP contribution < -0.4 is 15.0 Å². The first kappa shape index (κ1) is 32.3. The van der Waals surface area contributed by atoms with Gasteiger partial charge in [0.2, 0.25) is 0 Å². The molecule has 0 unspecified atom stereocenters. The molecule has 0 saturated heterocycles. The zero-order valence-corrected chi connectivity index (χ0v) is 26.0. The van der Waals surface area contributed by atoms with Crippen molar-refractivity contribution in [2.24, 2.45) is 0 Å². The molecular weight excluding hydrogens is 576 g/mol. The first-order chi connectivity index (χ1) is 21.3. The lowest BCUT2D eigenvalue weighted by molar-refractivity contribution is -0.143. The Morgan fingerprint density at radius 3 is 2.32 bits per heavy atom. The summed E-state index contributed by atoms with van der Waals surface area (Å²) >= 11 is 6.23. The molecule has 0 fully saturated rings. The van der Waals surface area contributed by atoms with Gasteiger partial charge in [-0.05, 0) is 86.7 Å². The van der Waals surface area contributed by atoms with Gasteiger partial charge < -0.3 is 19.7 Å². The molecule has 44 heavy (non-hydrogen) atoms. The Morgan fingerprint density at radius 1 is 0.864 bits per heavy atom. The second-order valence-corrected chi connectivity index (χ2v) is 10.8. The number of benzene rings is 4. The molecule has 0 bridgehead atoms. The summed E-state index contributed by atoms with van der Waals surface area (Å²) in [4.78, 5) is 39.6. The number of aryl methyl sites for hydroxylation is 1. The van der Waals surface area contributed by atoms with E-state index in [2.05, 4.69) is 5.32 Å². The molecule has 7 nitrogen and oxygen atoms in total. The second-order valence-electron chi connectivity index (χ2n) is 10.4. The highest BCUT2D eigenvalue weighted by Crippen LogP contribution is 2.32. The lowest BCUT2D eigenvalue weighted by Crippen LogP contribution is -2.26. The van der Waals surface area contributed by atoms with E-state index in [1.54, 1.807) is 62.5 Å². The molecule has 8 heteroatoms. The largest absolute Gasteiger partial charge is 0.491 e. The van der Waals surface area contributed by atoms with E-state index < -0.39 is 0 Å². The zero-order valence-electron chi connectivity index (χ0n) is 25.3. The van der Waals surface area contributed by atoms with Crippen molar-refractivity contribution in [3.05, 3.63) is 113 Å². The molecule has 4 rings (SSSR count). The summed E-state index contributed by atoms with van der Waals surface area (Å²) in [7, 11) is 1.68. The minimum Gasteiger partial charge on any atom is -0.491 e. The van der Waals surface area contributed by atoms with Crippen molar-refractivity contribution in [1.82, 2.24) is 0 Å². The summed E-state index contributed by atoms with van der Waals surface area (Å²) in [6.07, 6.45) is 2.66. The lowest BCUT2D eigenvalue weighted by atomic mass is 9.98. The molecule has 0 aliphatic rings. The molecule has 0 atom stereocenters. The fourth-order valence-corrected chi connectivity index (χ4v) is 4.87. The highest BCUT2D eigenvalue weighted by Gasteiger charge is 2.19. The molecule has 4 aromatic rings. The van der Waals surface area contributed by atoms with E-state index in [1.807, 2.05) is 49.4 Å². The van der Waals surface area contributed by atoms with Crippen LogP contribution in [0.3, 0.4) is 0 Å². The van der Waals surface area contributed by atoms with Crippen molar-refractivity contribution < 1.29 is 23.9 Å². The number of hydrogen-bond donors (Lipinski definition) is 1. The van der Waals surface area contributed by atoms with Crippen LogP contribution >= 0.6 is 11.6 Å². The van der Waals surface area contributed by atoms with Crippen molar-refractivity contribution in [2.45, 2.75) is 39.5 Å². The van der Waals surface area contributed by atoms with Gasteiger partial charge in [-0.1, -0.05) is 59.6 Å². The Kier molecular flexibility index (Phi) is 11.5. The Balaban J connectivity index is 1.38. The summed E-state index contributed by atoms with van der Waals surface area (Å²) in [5, 5.41) is 3.44. The van der Waals surface area contributed by atoms with Crippen molar-refractivity contribution in [2.75, 3.05) is 30.5 Å². The first-order valence-electron chi connectivity index (χ1n) is 14.7. The number of anilines is 2. The minimum atomic E-state index is -0.241. The average molecular weight is 613 g/mol. The van der Waals surface area contributed by atoms with Crippen LogP contribution in [0.1, 0.15) is 58.9 Å². The van der Waals surface area contributed by atoms with Crippen molar-refractivity contribution >= 4 is 40.8 Å². The molecule has 0 heterocycles. The second kappa shape index (κ2) is 15.7. The third-order valence-electron chi connectivity index (χ3n) is 7.10. The highest BCUT2D eigenvalue weighted by atomic mass is 35.5. The molecule has 0 aromatic heterocycles. The van der Waals surface area contributed by atoms with Crippen LogP contribution in [0.5, 0.6) is 5.75 Å². The minimum absolute atomic E-state index is 0.190. The van der Waals surface area contributed by atoms with Crippen LogP contribution in [0.25, 0.3) is 11.1 Å². The third kappa shape index (κ3) is 8.71. The van der Waals surface area contributed by atoms with E-state index in [4.69, 9.17) is 21.1 Å². The van der Waals surface area contributed by atoms with E-state index in [-0.39, 0.29) is 17.8 Å². The number of hydrogen-bond acceptors (Lipinski definition) is 5. The lowest BCUT2D eigenvalue weighted by Gasteiger charge is -2.21. The summed E-state index contributed by atoms with van der Waals surface area (Å²) in [5.41, 5.74) is 5.12. The van der Waals surface area contributed by atoms with Crippen LogP contribution in [-0.2, 0) is 9.53 Å². The SMILES string of the molecule is CCOC(=O)CCCCCOc1cc(Cl)ccc1N(C)C(=O)c1ccc(NC(=O)c2ccccc2-c2ccc(C)cc2)cc1. The van der Waals surface area contributed by atoms with Gasteiger partial charge in [0.05, 0.1) is 18.9 Å². The van der Waals surface area contributed by atoms with Gasteiger partial charge in [0.15, 0.2) is 0 Å².